The molecule has 0 saturated carbocycles. The number of amides is 3. The fourth-order valence-corrected chi connectivity index (χ4v) is 4.16. The maximum Gasteiger partial charge on any atom is 0.326 e. The van der Waals surface area contributed by atoms with Crippen molar-refractivity contribution in [1.29, 1.82) is 0 Å². The van der Waals surface area contributed by atoms with Gasteiger partial charge < -0.3 is 48.1 Å². The Hall–Kier alpha value is -4.40. The lowest BCUT2D eigenvalue weighted by Crippen LogP contribution is -2.57. The predicted molar refractivity (Wildman–Crippen MR) is 138 cm³/mol. The van der Waals surface area contributed by atoms with Gasteiger partial charge in [-0.3, -0.25) is 24.2 Å². The van der Waals surface area contributed by atoms with Crippen molar-refractivity contribution in [1.82, 2.24) is 15.5 Å². The molecule has 0 aliphatic carbocycles. The molecular formula is C24H35N7O8. The van der Waals surface area contributed by atoms with Crippen molar-refractivity contribution in [3.8, 4) is 5.75 Å². The number of nitrogens with one attached hydrogen (secondary N) is 2. The van der Waals surface area contributed by atoms with Crippen LogP contribution in [0.3, 0.4) is 0 Å². The zero-order chi connectivity index (χ0) is 29.1. The normalized spacial score (nSPS) is 16.9. The number of carbonyl (C=O) groups excluding carboxylic acids is 3. The number of nitrogens with two attached hydrogens (primary N) is 3. The van der Waals surface area contributed by atoms with Crippen LogP contribution in [0.25, 0.3) is 0 Å². The van der Waals surface area contributed by atoms with E-state index in [1.807, 2.05) is 0 Å². The number of aromatic hydroxyl groups is 1. The fraction of sp³-hybridized carbons (Fsp3) is 0.500. The molecule has 1 aromatic carbocycles. The highest BCUT2D eigenvalue weighted by Gasteiger charge is 2.39. The molecule has 11 N–H and O–H groups in total. The van der Waals surface area contributed by atoms with Crippen LogP contribution in [0, 0.1) is 0 Å². The molecule has 214 valence electrons. The number of carbonyl (C=O) groups is 5. The van der Waals surface area contributed by atoms with Crippen LogP contribution in [0.1, 0.15) is 37.7 Å². The summed E-state index contributed by atoms with van der Waals surface area (Å²) in [6, 6.07) is 1.08. The zero-order valence-corrected chi connectivity index (χ0v) is 21.3. The summed E-state index contributed by atoms with van der Waals surface area (Å²) in [4.78, 5) is 66.9. The molecular weight excluding hydrogens is 514 g/mol. The van der Waals surface area contributed by atoms with Crippen molar-refractivity contribution in [2.75, 3.05) is 13.1 Å². The molecule has 4 atom stereocenters. The lowest BCUT2D eigenvalue weighted by atomic mass is 10.0. The molecule has 39 heavy (non-hydrogen) atoms. The number of carboxylic acids is 2. The number of phenolic OH excluding ortho intramolecular Hbond substituents is 1. The van der Waals surface area contributed by atoms with Gasteiger partial charge in [-0.05, 0) is 49.8 Å². The highest BCUT2D eigenvalue weighted by molar-refractivity contribution is 5.95. The molecule has 15 nitrogen and oxygen atoms in total. The van der Waals surface area contributed by atoms with Gasteiger partial charge in [0.15, 0.2) is 5.96 Å². The minimum atomic E-state index is -1.56. The highest BCUT2D eigenvalue weighted by Crippen LogP contribution is 2.19. The molecule has 1 aromatic rings. The van der Waals surface area contributed by atoms with E-state index >= 15 is 0 Å². The standard InChI is InChI=1S/C24H35N7O8/c25-15(11-13-5-7-14(32)8-6-13)20(35)29-16(3-1-9-28-24(26)27)21(36)30-17(12-19(33)34)22(37)31-10-2-4-18(31)23(38)39/h5-8,15-18,32H,1-4,9-12,25H2,(H,29,35)(H,30,36)(H,33,34)(H,38,39)(H4,26,27,28). The number of phenols is 1. The quantitative estimate of drug-likeness (QED) is 0.0703. The molecule has 0 spiro atoms. The minimum Gasteiger partial charge on any atom is -0.508 e. The lowest BCUT2D eigenvalue weighted by molar-refractivity contribution is -0.150. The summed E-state index contributed by atoms with van der Waals surface area (Å²) in [6.07, 6.45) is 0.197. The van der Waals surface area contributed by atoms with E-state index in [1.165, 1.54) is 12.1 Å². The summed E-state index contributed by atoms with van der Waals surface area (Å²) in [7, 11) is 0. The van der Waals surface area contributed by atoms with Crippen LogP contribution in [-0.4, -0.2) is 93.1 Å². The number of aliphatic carboxylic acids is 2. The van der Waals surface area contributed by atoms with Crippen molar-refractivity contribution in [3.63, 3.8) is 0 Å². The summed E-state index contributed by atoms with van der Waals surface area (Å²) in [5.41, 5.74) is 17.3. The monoisotopic (exact) mass is 549 g/mol. The first-order chi connectivity index (χ1) is 18.4. The zero-order valence-electron chi connectivity index (χ0n) is 21.3. The van der Waals surface area contributed by atoms with Crippen molar-refractivity contribution in [3.05, 3.63) is 29.8 Å². The summed E-state index contributed by atoms with van der Waals surface area (Å²) in [5.74, 6) is -5.11. The van der Waals surface area contributed by atoms with Crippen LogP contribution in [-0.2, 0) is 30.4 Å². The van der Waals surface area contributed by atoms with Crippen LogP contribution < -0.4 is 27.8 Å². The number of likely N-dealkylation sites (tertiary alicyclic amines) is 1. The molecule has 1 heterocycles. The Kier molecular flexibility index (Phi) is 11.5. The maximum absolute atomic E-state index is 13.2. The van der Waals surface area contributed by atoms with Gasteiger partial charge in [0.25, 0.3) is 0 Å². The molecule has 3 amide bonds. The topological polar surface area (TPSA) is 264 Å². The highest BCUT2D eigenvalue weighted by atomic mass is 16.4. The molecule has 2 rings (SSSR count). The molecule has 15 heteroatoms. The largest absolute Gasteiger partial charge is 0.508 e. The van der Waals surface area contributed by atoms with Crippen LogP contribution in [0.4, 0.5) is 0 Å². The van der Waals surface area contributed by atoms with Gasteiger partial charge in [0.1, 0.15) is 23.9 Å². The van der Waals surface area contributed by atoms with E-state index in [-0.39, 0.29) is 50.5 Å². The Balaban J connectivity index is 2.17. The van der Waals surface area contributed by atoms with Gasteiger partial charge in [-0.1, -0.05) is 12.1 Å². The smallest absolute Gasteiger partial charge is 0.326 e. The first-order valence-corrected chi connectivity index (χ1v) is 12.3. The van der Waals surface area contributed by atoms with Crippen molar-refractivity contribution < 1.29 is 39.3 Å². The van der Waals surface area contributed by atoms with Gasteiger partial charge in [-0.25, -0.2) is 4.79 Å². The van der Waals surface area contributed by atoms with Crippen molar-refractivity contribution >= 4 is 35.6 Å². The second-order valence-electron chi connectivity index (χ2n) is 9.17. The minimum absolute atomic E-state index is 0.0235. The first kappa shape index (κ1) is 30.8. The number of hydrogen-bond acceptors (Lipinski definition) is 8. The van der Waals surface area contributed by atoms with E-state index in [1.54, 1.807) is 12.1 Å². The van der Waals surface area contributed by atoms with E-state index in [0.29, 0.717) is 12.0 Å². The Morgan fingerprint density at radius 1 is 1.03 bits per heavy atom. The number of carboxylic acid groups (broad SMARTS) is 2. The van der Waals surface area contributed by atoms with Gasteiger partial charge in [-0.15, -0.1) is 0 Å². The third kappa shape index (κ3) is 9.77. The van der Waals surface area contributed by atoms with E-state index in [2.05, 4.69) is 15.6 Å². The average molecular weight is 550 g/mol. The summed E-state index contributed by atoms with van der Waals surface area (Å²) >= 11 is 0. The number of aliphatic imine (C=N–C) groups is 1. The lowest BCUT2D eigenvalue weighted by Gasteiger charge is -2.28. The predicted octanol–water partition coefficient (Wildman–Crippen LogP) is -2.16. The third-order valence-corrected chi connectivity index (χ3v) is 6.12. The van der Waals surface area contributed by atoms with Crippen molar-refractivity contribution in [2.45, 2.75) is 62.7 Å². The number of guanidine groups is 1. The maximum atomic E-state index is 13.2. The van der Waals surface area contributed by atoms with Gasteiger partial charge in [0, 0.05) is 13.1 Å². The molecule has 4 unspecified atom stereocenters. The fourth-order valence-electron chi connectivity index (χ4n) is 4.16. The summed E-state index contributed by atoms with van der Waals surface area (Å²) < 4.78 is 0. The van der Waals surface area contributed by atoms with Crippen LogP contribution in [0.2, 0.25) is 0 Å². The van der Waals surface area contributed by atoms with Crippen LogP contribution in [0.5, 0.6) is 5.75 Å². The van der Waals surface area contributed by atoms with E-state index in [0.717, 1.165) is 4.90 Å². The summed E-state index contributed by atoms with van der Waals surface area (Å²) in [6.45, 7) is 0.236. The molecule has 1 saturated heterocycles. The average Bonchev–Trinajstić information content (AvgIpc) is 3.36. The van der Waals surface area contributed by atoms with E-state index in [9.17, 15) is 39.3 Å². The second-order valence-corrected chi connectivity index (χ2v) is 9.17. The number of benzene rings is 1. The SMILES string of the molecule is NC(N)=NCCCC(NC(=O)C(N)Cc1ccc(O)cc1)C(=O)NC(CC(=O)O)C(=O)N1CCCC1C(=O)O. The van der Waals surface area contributed by atoms with Gasteiger partial charge >= 0.3 is 11.9 Å². The molecule has 1 aliphatic heterocycles. The summed E-state index contributed by atoms with van der Waals surface area (Å²) in [5, 5.41) is 33.0. The molecule has 0 aromatic heterocycles. The van der Waals surface area contributed by atoms with Crippen LogP contribution >= 0.6 is 0 Å². The molecule has 0 radical (unpaired) electrons. The Morgan fingerprint density at radius 3 is 2.26 bits per heavy atom. The van der Waals surface area contributed by atoms with Gasteiger partial charge in [-0.2, -0.15) is 0 Å². The Labute approximate surface area is 224 Å². The molecule has 1 aliphatic rings. The Morgan fingerprint density at radius 2 is 1.67 bits per heavy atom. The van der Waals surface area contributed by atoms with E-state index < -0.39 is 60.2 Å². The van der Waals surface area contributed by atoms with Gasteiger partial charge in [0.05, 0.1) is 12.5 Å². The van der Waals surface area contributed by atoms with E-state index in [4.69, 9.17) is 17.2 Å². The second kappa shape index (κ2) is 14.5. The third-order valence-electron chi connectivity index (χ3n) is 6.12. The molecule has 0 bridgehead atoms. The first-order valence-electron chi connectivity index (χ1n) is 12.3. The number of nitrogens with zero attached hydrogens (tertiary/aromatic N) is 2. The van der Waals surface area contributed by atoms with Gasteiger partial charge in [0.2, 0.25) is 17.7 Å². The number of rotatable bonds is 14. The number of hydrogen-bond donors (Lipinski definition) is 8. The van der Waals surface area contributed by atoms with Crippen LogP contribution in [0.15, 0.2) is 29.3 Å². The Bertz CT molecular complexity index is 1070. The van der Waals surface area contributed by atoms with Crippen molar-refractivity contribution in [2.24, 2.45) is 22.2 Å². The molecule has 1 fully saturated rings.